The van der Waals surface area contributed by atoms with E-state index in [9.17, 15) is 13.2 Å². The van der Waals surface area contributed by atoms with Gasteiger partial charge in [0.1, 0.15) is 5.69 Å². The molecule has 2 aromatic rings. The van der Waals surface area contributed by atoms with Gasteiger partial charge in [-0.05, 0) is 43.2 Å². The lowest BCUT2D eigenvalue weighted by atomic mass is 10.2. The molecule has 0 spiro atoms. The molecule has 2 fully saturated rings. The van der Waals surface area contributed by atoms with E-state index in [4.69, 9.17) is 5.26 Å². The number of amides is 1. The highest BCUT2D eigenvalue weighted by molar-refractivity contribution is 7.89. The van der Waals surface area contributed by atoms with Crippen molar-refractivity contribution in [1.82, 2.24) is 19.4 Å². The number of carbonyl (C=O) groups is 1. The average molecular weight is 385 g/mol. The van der Waals surface area contributed by atoms with E-state index >= 15 is 0 Å². The second-order valence-corrected chi connectivity index (χ2v) is 8.75. The molecule has 1 aromatic carbocycles. The van der Waals surface area contributed by atoms with Crippen LogP contribution < -0.4 is 0 Å². The molecule has 27 heavy (non-hydrogen) atoms. The van der Waals surface area contributed by atoms with Crippen LogP contribution in [0.1, 0.15) is 40.5 Å². The van der Waals surface area contributed by atoms with Crippen LogP contribution in [0, 0.1) is 11.3 Å². The van der Waals surface area contributed by atoms with Crippen LogP contribution in [-0.4, -0.2) is 59.9 Å². The Hall–Kier alpha value is -2.70. The lowest BCUT2D eigenvalue weighted by Gasteiger charge is -2.33. The minimum Gasteiger partial charge on any atom is -0.335 e. The number of hydrogen-bond acceptors (Lipinski definition) is 5. The molecule has 1 saturated carbocycles. The summed E-state index contributed by atoms with van der Waals surface area (Å²) in [6.07, 6.45) is 2.25. The van der Waals surface area contributed by atoms with Crippen LogP contribution >= 0.6 is 0 Å². The molecule has 1 aliphatic heterocycles. The fraction of sp³-hybridized carbons (Fsp3) is 0.389. The van der Waals surface area contributed by atoms with Crippen molar-refractivity contribution in [2.75, 3.05) is 26.2 Å². The second-order valence-electron chi connectivity index (χ2n) is 6.82. The number of aromatic nitrogens is 2. The number of H-pyrrole nitrogens is 1. The molecule has 1 saturated heterocycles. The molecular formula is C18H19N5O3S. The number of aromatic amines is 1. The molecular weight excluding hydrogens is 366 g/mol. The zero-order valence-corrected chi connectivity index (χ0v) is 15.4. The maximum Gasteiger partial charge on any atom is 0.274 e. The van der Waals surface area contributed by atoms with Crippen LogP contribution in [0.3, 0.4) is 0 Å². The number of nitrogens with zero attached hydrogens (tertiary/aromatic N) is 4. The van der Waals surface area contributed by atoms with E-state index in [-0.39, 0.29) is 23.9 Å². The molecule has 2 aliphatic rings. The van der Waals surface area contributed by atoms with Gasteiger partial charge in [-0.1, -0.05) is 0 Å². The number of carbonyl (C=O) groups excluding carboxylic acids is 1. The normalized spacial score (nSPS) is 18.3. The Bertz CT molecular complexity index is 994. The van der Waals surface area contributed by atoms with E-state index < -0.39 is 10.0 Å². The Morgan fingerprint density at radius 1 is 1.15 bits per heavy atom. The summed E-state index contributed by atoms with van der Waals surface area (Å²) in [6.45, 7) is 1.10. The van der Waals surface area contributed by atoms with Gasteiger partial charge in [-0.2, -0.15) is 14.7 Å². The summed E-state index contributed by atoms with van der Waals surface area (Å²) in [6, 6.07) is 9.63. The van der Waals surface area contributed by atoms with E-state index in [1.165, 1.54) is 28.6 Å². The number of piperazine rings is 1. The van der Waals surface area contributed by atoms with Gasteiger partial charge in [-0.25, -0.2) is 8.42 Å². The van der Waals surface area contributed by atoms with Crippen molar-refractivity contribution < 1.29 is 13.2 Å². The number of nitriles is 1. The molecule has 2 heterocycles. The first-order valence-corrected chi connectivity index (χ1v) is 10.3. The van der Waals surface area contributed by atoms with Crippen molar-refractivity contribution in [1.29, 1.82) is 5.26 Å². The summed E-state index contributed by atoms with van der Waals surface area (Å²) in [5, 5.41) is 15.9. The molecule has 1 aliphatic carbocycles. The molecule has 9 heteroatoms. The first kappa shape index (κ1) is 17.7. The van der Waals surface area contributed by atoms with Gasteiger partial charge in [0.05, 0.1) is 16.5 Å². The predicted octanol–water partition coefficient (Wildman–Crippen LogP) is 1.31. The summed E-state index contributed by atoms with van der Waals surface area (Å²) in [4.78, 5) is 14.4. The van der Waals surface area contributed by atoms with Gasteiger partial charge in [-0.3, -0.25) is 9.89 Å². The Morgan fingerprint density at radius 2 is 1.81 bits per heavy atom. The first-order chi connectivity index (χ1) is 13.0. The first-order valence-electron chi connectivity index (χ1n) is 8.84. The molecule has 0 radical (unpaired) electrons. The fourth-order valence-corrected chi connectivity index (χ4v) is 4.62. The van der Waals surface area contributed by atoms with Gasteiger partial charge in [-0.15, -0.1) is 0 Å². The predicted molar refractivity (Wildman–Crippen MR) is 96.4 cm³/mol. The summed E-state index contributed by atoms with van der Waals surface area (Å²) in [5.41, 5.74) is 1.80. The van der Waals surface area contributed by atoms with Crippen LogP contribution in [0.25, 0.3) is 0 Å². The van der Waals surface area contributed by atoms with Crippen molar-refractivity contribution in [2.24, 2.45) is 0 Å². The van der Waals surface area contributed by atoms with Gasteiger partial charge in [0, 0.05) is 37.8 Å². The lowest BCUT2D eigenvalue weighted by molar-refractivity contribution is 0.0692. The zero-order chi connectivity index (χ0) is 19.0. The zero-order valence-electron chi connectivity index (χ0n) is 14.6. The molecule has 1 N–H and O–H groups in total. The van der Waals surface area contributed by atoms with E-state index in [1.54, 1.807) is 11.0 Å². The minimum atomic E-state index is -3.64. The van der Waals surface area contributed by atoms with Crippen LogP contribution in [0.2, 0.25) is 0 Å². The Kier molecular flexibility index (Phi) is 4.45. The summed E-state index contributed by atoms with van der Waals surface area (Å²) in [7, 11) is -3.64. The molecule has 0 unspecified atom stereocenters. The largest absolute Gasteiger partial charge is 0.335 e. The highest BCUT2D eigenvalue weighted by Gasteiger charge is 2.32. The van der Waals surface area contributed by atoms with Crippen LogP contribution in [0.5, 0.6) is 0 Å². The van der Waals surface area contributed by atoms with Gasteiger partial charge in [0.15, 0.2) is 0 Å². The van der Waals surface area contributed by atoms with E-state index in [0.29, 0.717) is 30.3 Å². The second kappa shape index (κ2) is 6.79. The molecule has 4 rings (SSSR count). The number of nitrogens with one attached hydrogen (secondary N) is 1. The number of sulfonamides is 1. The highest BCUT2D eigenvalue weighted by atomic mass is 32.2. The summed E-state index contributed by atoms with van der Waals surface area (Å²) in [5.74, 6) is 0.321. The van der Waals surface area contributed by atoms with Gasteiger partial charge < -0.3 is 4.90 Å². The Morgan fingerprint density at radius 3 is 2.41 bits per heavy atom. The fourth-order valence-electron chi connectivity index (χ4n) is 3.19. The molecule has 1 amide bonds. The highest BCUT2D eigenvalue weighted by Crippen LogP contribution is 2.39. The van der Waals surface area contributed by atoms with Gasteiger partial charge in [0.25, 0.3) is 5.91 Å². The Balaban J connectivity index is 1.41. The molecule has 0 atom stereocenters. The van der Waals surface area contributed by atoms with E-state index in [2.05, 4.69) is 10.2 Å². The van der Waals surface area contributed by atoms with Crippen LogP contribution in [0.4, 0.5) is 0 Å². The van der Waals surface area contributed by atoms with Gasteiger partial charge >= 0.3 is 0 Å². The SMILES string of the molecule is N#Cc1ccc(S(=O)(=O)N2CCN(C(=O)c3cc(C4CC4)[nH]n3)CC2)cc1. The summed E-state index contributed by atoms with van der Waals surface area (Å²) >= 11 is 0. The van der Waals surface area contributed by atoms with Crippen molar-refractivity contribution >= 4 is 15.9 Å². The third-order valence-corrected chi connectivity index (χ3v) is 6.89. The summed E-state index contributed by atoms with van der Waals surface area (Å²) < 4.78 is 26.9. The molecule has 8 nitrogen and oxygen atoms in total. The maximum absolute atomic E-state index is 12.7. The van der Waals surface area contributed by atoms with Gasteiger partial charge in [0.2, 0.25) is 10.0 Å². The smallest absolute Gasteiger partial charge is 0.274 e. The lowest BCUT2D eigenvalue weighted by Crippen LogP contribution is -2.50. The van der Waals surface area contributed by atoms with Crippen molar-refractivity contribution in [3.8, 4) is 6.07 Å². The monoisotopic (exact) mass is 385 g/mol. The topological polar surface area (TPSA) is 110 Å². The van der Waals surface area contributed by atoms with E-state index in [1.807, 2.05) is 6.07 Å². The standard InChI is InChI=1S/C18H19N5O3S/c19-12-13-1-5-15(6-2-13)27(25,26)23-9-7-22(8-10-23)18(24)17-11-16(20-21-17)14-3-4-14/h1-2,5-6,11,14H,3-4,7-10H2,(H,20,21). The van der Waals surface area contributed by atoms with Crippen molar-refractivity contribution in [3.63, 3.8) is 0 Å². The minimum absolute atomic E-state index is 0.155. The molecule has 0 bridgehead atoms. The number of rotatable bonds is 4. The number of benzene rings is 1. The third kappa shape index (κ3) is 3.46. The van der Waals surface area contributed by atoms with E-state index in [0.717, 1.165) is 18.5 Å². The third-order valence-electron chi connectivity index (χ3n) is 4.98. The molecule has 1 aromatic heterocycles. The number of hydrogen-bond donors (Lipinski definition) is 1. The quantitative estimate of drug-likeness (QED) is 0.853. The Labute approximate surface area is 157 Å². The van der Waals surface area contributed by atoms with Crippen molar-refractivity contribution in [3.05, 3.63) is 47.3 Å². The molecule has 140 valence electrons. The van der Waals surface area contributed by atoms with Crippen LogP contribution in [-0.2, 0) is 10.0 Å². The maximum atomic E-state index is 12.7. The van der Waals surface area contributed by atoms with Crippen LogP contribution in [0.15, 0.2) is 35.2 Å². The van der Waals surface area contributed by atoms with Crippen molar-refractivity contribution in [2.45, 2.75) is 23.7 Å². The average Bonchev–Trinajstić information content (AvgIpc) is 3.44.